The number of halogens is 1. The fourth-order valence-corrected chi connectivity index (χ4v) is 8.41. The average Bonchev–Trinajstić information content (AvgIpc) is 3.82. The van der Waals surface area contributed by atoms with Crippen molar-refractivity contribution in [1.82, 2.24) is 24.6 Å². The highest BCUT2D eigenvalue weighted by Gasteiger charge is 2.50. The van der Waals surface area contributed by atoms with Gasteiger partial charge in [0, 0.05) is 6.42 Å². The van der Waals surface area contributed by atoms with Crippen LogP contribution in [-0.2, 0) is 43.8 Å². The first-order valence-corrected chi connectivity index (χ1v) is 23.1. The molecule has 3 heterocycles. The molecule has 4 rings (SSSR count). The molecule has 0 saturated carbocycles. The van der Waals surface area contributed by atoms with Gasteiger partial charge in [0.15, 0.2) is 29.2 Å². The van der Waals surface area contributed by atoms with Crippen LogP contribution < -0.4 is 10.8 Å². The van der Waals surface area contributed by atoms with Crippen molar-refractivity contribution in [2.45, 2.75) is 153 Å². The highest BCUT2D eigenvalue weighted by atomic mass is 31.2. The Labute approximate surface area is 353 Å². The molecule has 332 valence electrons. The number of anilines is 1. The van der Waals surface area contributed by atoms with E-state index in [1.165, 1.54) is 62.3 Å². The smallest absolute Gasteiger partial charge is 0.406 e. The number of nitrogens with two attached hydrogens (primary N) is 1. The number of terminal acetylenes is 1. The average molecular weight is 859 g/mol. The molecular weight excluding hydrogens is 794 g/mol. The zero-order valence-electron chi connectivity index (χ0n) is 35.2. The van der Waals surface area contributed by atoms with Gasteiger partial charge in [0.1, 0.15) is 25.0 Å². The molecule has 5 atom stereocenters. The van der Waals surface area contributed by atoms with Crippen molar-refractivity contribution in [2.24, 2.45) is 0 Å². The van der Waals surface area contributed by atoms with Gasteiger partial charge in [-0.25, -0.2) is 19.4 Å². The number of nitrogens with zero attached hydrogens (tertiary/aromatic N) is 4. The number of aliphatic hydroxyl groups excluding tert-OH is 1. The van der Waals surface area contributed by atoms with Gasteiger partial charge in [-0.2, -0.15) is 14.4 Å². The van der Waals surface area contributed by atoms with E-state index < -0.39 is 63.0 Å². The van der Waals surface area contributed by atoms with E-state index in [9.17, 15) is 23.7 Å². The molecule has 1 saturated heterocycles. The van der Waals surface area contributed by atoms with Gasteiger partial charge in [-0.05, 0) is 24.8 Å². The number of benzene rings is 1. The maximum absolute atomic E-state index is 14.7. The Kier molecular flexibility index (Phi) is 20.9. The van der Waals surface area contributed by atoms with Gasteiger partial charge >= 0.3 is 25.8 Å². The molecule has 0 bridgehead atoms. The molecule has 0 spiro atoms. The predicted molar refractivity (Wildman–Crippen MR) is 226 cm³/mol. The van der Waals surface area contributed by atoms with Crippen LogP contribution in [-0.4, -0.2) is 80.7 Å². The fraction of sp³-hybridized carbons (Fsp3) is 0.651. The molecule has 60 heavy (non-hydrogen) atoms. The molecule has 1 aromatic carbocycles. The number of rotatable bonds is 30. The molecule has 2 aromatic heterocycles. The minimum absolute atomic E-state index is 0.00124. The molecule has 3 aromatic rings. The number of imidazole rings is 1. The van der Waals surface area contributed by atoms with Crippen LogP contribution in [0.25, 0.3) is 11.2 Å². The molecule has 0 aliphatic carbocycles. The summed E-state index contributed by atoms with van der Waals surface area (Å²) in [6, 6.07) is 7.79. The van der Waals surface area contributed by atoms with Crippen molar-refractivity contribution < 1.29 is 46.9 Å². The molecule has 1 aliphatic heterocycles. The van der Waals surface area contributed by atoms with Crippen molar-refractivity contribution in [3.8, 4) is 12.3 Å². The zero-order chi connectivity index (χ0) is 43.2. The number of aliphatic hydroxyl groups is 1. The van der Waals surface area contributed by atoms with Gasteiger partial charge < -0.3 is 25.1 Å². The van der Waals surface area contributed by atoms with E-state index in [0.717, 1.165) is 44.1 Å². The van der Waals surface area contributed by atoms with Crippen LogP contribution in [0.3, 0.4) is 0 Å². The molecule has 0 radical (unpaired) electrons. The Hall–Kier alpha value is -3.97. The second kappa shape index (κ2) is 25.7. The minimum Gasteiger partial charge on any atom is -0.465 e. The van der Waals surface area contributed by atoms with Crippen LogP contribution in [0.2, 0.25) is 0 Å². The van der Waals surface area contributed by atoms with Crippen LogP contribution in [0.5, 0.6) is 0 Å². The number of hydrogen-bond acceptors (Lipinski definition) is 13. The number of esters is 2. The lowest BCUT2D eigenvalue weighted by Gasteiger charge is -2.30. The minimum atomic E-state index is -4.66. The van der Waals surface area contributed by atoms with E-state index in [1.54, 1.807) is 24.3 Å². The van der Waals surface area contributed by atoms with Gasteiger partial charge in [0.05, 0.1) is 19.5 Å². The number of unbranched alkanes of at least 4 members (excludes halogenated alkanes) is 14. The lowest BCUT2D eigenvalue weighted by Crippen LogP contribution is -2.44. The van der Waals surface area contributed by atoms with Crippen molar-refractivity contribution in [3.63, 3.8) is 0 Å². The van der Waals surface area contributed by atoms with Gasteiger partial charge in [0.25, 0.3) is 0 Å². The Bertz CT molecular complexity index is 1850. The first kappa shape index (κ1) is 48.7. The predicted octanol–water partition coefficient (Wildman–Crippen LogP) is 7.91. The summed E-state index contributed by atoms with van der Waals surface area (Å²) in [5.41, 5.74) is 4.74. The Balaban J connectivity index is 1.46. The number of ether oxygens (including phenoxy) is 3. The zero-order valence-corrected chi connectivity index (χ0v) is 36.1. The van der Waals surface area contributed by atoms with Crippen LogP contribution >= 0.6 is 7.75 Å². The van der Waals surface area contributed by atoms with Crippen LogP contribution in [0.15, 0.2) is 36.7 Å². The van der Waals surface area contributed by atoms with E-state index in [-0.39, 0.29) is 43.0 Å². The number of aromatic nitrogens is 4. The summed E-state index contributed by atoms with van der Waals surface area (Å²) < 4.78 is 58.9. The largest absolute Gasteiger partial charge is 0.465 e. The summed E-state index contributed by atoms with van der Waals surface area (Å²) in [7, 11) is -4.66. The number of carbonyl (C=O) groups excluding carboxylic acids is 2. The van der Waals surface area contributed by atoms with Crippen LogP contribution in [0, 0.1) is 18.4 Å². The summed E-state index contributed by atoms with van der Waals surface area (Å²) in [6.07, 6.45) is 20.6. The number of fused-ring (bicyclic) bond motifs is 1. The van der Waals surface area contributed by atoms with Crippen molar-refractivity contribution >= 4 is 36.7 Å². The Morgan fingerprint density at radius 3 is 2.18 bits per heavy atom. The monoisotopic (exact) mass is 858 g/mol. The lowest BCUT2D eigenvalue weighted by molar-refractivity contribution is -0.146. The maximum Gasteiger partial charge on any atom is 0.406 e. The maximum atomic E-state index is 14.7. The Morgan fingerprint density at radius 2 is 1.57 bits per heavy atom. The summed E-state index contributed by atoms with van der Waals surface area (Å²) >= 11 is 0. The second-order valence-corrected chi connectivity index (χ2v) is 17.1. The molecule has 1 fully saturated rings. The second-order valence-electron chi connectivity index (χ2n) is 15.3. The van der Waals surface area contributed by atoms with E-state index >= 15 is 0 Å². The third kappa shape index (κ3) is 15.5. The van der Waals surface area contributed by atoms with Gasteiger partial charge in [-0.3, -0.25) is 18.4 Å². The number of nitrogen functional groups attached to an aromatic ring is 1. The third-order valence-corrected chi connectivity index (χ3v) is 12.0. The standard InChI is InChI=1S/C43H64FN6O9P/c1-4-7-9-11-13-15-17-22-26-55-37(52)30-57-60(54,49-34(28-33-24-20-19-21-25-33)41(53)56-27-23-18-16-14-12-10-8-5-2)58-31-43(6-3)35(51)29-36(59-43)50-32-46-38-39(45)47-42(44)48-40(38)50/h3,19-21,24-25,32,34-36,51H,4-5,7-18,22-23,26-31H2,1-2H3,(H,49,54)(H2,45,47,48)/t34-,35-,36+,43+,60+/m0/s1. The molecule has 17 heteroatoms. The van der Waals surface area contributed by atoms with E-state index in [1.807, 2.05) is 6.07 Å². The molecular formula is C43H64FN6O9P. The number of nitrogens with one attached hydrogen (secondary N) is 1. The summed E-state index contributed by atoms with van der Waals surface area (Å²) in [4.78, 5) is 38.0. The van der Waals surface area contributed by atoms with Crippen molar-refractivity contribution in [2.75, 3.05) is 32.2 Å². The van der Waals surface area contributed by atoms with Gasteiger partial charge in [0.2, 0.25) is 0 Å². The normalized spacial score (nSPS) is 19.2. The van der Waals surface area contributed by atoms with E-state index in [2.05, 4.69) is 39.8 Å². The fourth-order valence-electron chi connectivity index (χ4n) is 6.97. The lowest BCUT2D eigenvalue weighted by atomic mass is 9.99. The van der Waals surface area contributed by atoms with E-state index in [4.69, 9.17) is 35.4 Å². The highest BCUT2D eigenvalue weighted by Crippen LogP contribution is 2.48. The van der Waals surface area contributed by atoms with Gasteiger partial charge in [-0.1, -0.05) is 140 Å². The SMILES string of the molecule is C#C[C@]1(CO[P@@](=O)(N[C@@H](Cc2ccccc2)C(=O)OCCCCCCCCCC)OCC(=O)OCCCCCCCCCC)O[C@@H](n2cnc3c(N)nc(F)nc32)C[C@@H]1O. The first-order valence-electron chi connectivity index (χ1n) is 21.5. The molecule has 0 amide bonds. The molecule has 4 N–H and O–H groups in total. The quantitative estimate of drug-likeness (QED) is 0.0192. The summed E-state index contributed by atoms with van der Waals surface area (Å²) in [6.45, 7) is 3.17. The third-order valence-electron chi connectivity index (χ3n) is 10.5. The van der Waals surface area contributed by atoms with Crippen molar-refractivity contribution in [1.29, 1.82) is 0 Å². The number of carbonyl (C=O) groups is 2. The Morgan fingerprint density at radius 1 is 0.967 bits per heavy atom. The number of hydrogen-bond donors (Lipinski definition) is 3. The summed E-state index contributed by atoms with van der Waals surface area (Å²) in [5.74, 6) is 0.734. The molecule has 1 aliphatic rings. The van der Waals surface area contributed by atoms with Crippen molar-refractivity contribution in [3.05, 3.63) is 48.3 Å². The highest BCUT2D eigenvalue weighted by molar-refractivity contribution is 7.51. The first-order chi connectivity index (χ1) is 29.0. The molecule has 15 nitrogen and oxygen atoms in total. The van der Waals surface area contributed by atoms with Gasteiger partial charge in [-0.15, -0.1) is 6.42 Å². The molecule has 0 unspecified atom stereocenters. The van der Waals surface area contributed by atoms with E-state index in [0.29, 0.717) is 12.8 Å². The topological polar surface area (TPSA) is 199 Å². The van der Waals surface area contributed by atoms with Crippen LogP contribution in [0.1, 0.15) is 135 Å². The van der Waals surface area contributed by atoms with Crippen LogP contribution in [0.4, 0.5) is 10.2 Å². The summed E-state index contributed by atoms with van der Waals surface area (Å²) in [5, 5.41) is 14.0.